The van der Waals surface area contributed by atoms with Crippen molar-refractivity contribution in [1.82, 2.24) is 4.98 Å². The van der Waals surface area contributed by atoms with Crippen LogP contribution in [0.3, 0.4) is 0 Å². The second-order valence-electron chi connectivity index (χ2n) is 3.52. The van der Waals surface area contributed by atoms with Crippen molar-refractivity contribution in [3.63, 3.8) is 0 Å². The molecule has 0 aliphatic carbocycles. The van der Waals surface area contributed by atoms with Crippen LogP contribution in [0, 0.1) is 6.92 Å². The van der Waals surface area contributed by atoms with Crippen LogP contribution >= 0.6 is 0 Å². The Labute approximate surface area is 98.5 Å². The number of aryl methyl sites for hydroxylation is 1. The van der Waals surface area contributed by atoms with Gasteiger partial charge in [0.25, 0.3) is 0 Å². The SMILES string of the molecule is Cc1nc(Oc2ccc([O])cc2)ccc1C=O. The highest BCUT2D eigenvalue weighted by molar-refractivity contribution is 5.76. The summed E-state index contributed by atoms with van der Waals surface area (Å²) in [6, 6.07) is 9.25. The molecule has 1 aromatic carbocycles. The van der Waals surface area contributed by atoms with Gasteiger partial charge in [0.15, 0.2) is 12.0 Å². The van der Waals surface area contributed by atoms with Gasteiger partial charge < -0.3 is 4.74 Å². The number of pyridine rings is 1. The van der Waals surface area contributed by atoms with Gasteiger partial charge in [0.1, 0.15) is 5.75 Å². The molecule has 0 saturated heterocycles. The molecule has 1 radical (unpaired) electrons. The molecule has 4 nitrogen and oxygen atoms in total. The number of aldehydes is 1. The summed E-state index contributed by atoms with van der Waals surface area (Å²) in [7, 11) is 0. The molecule has 17 heavy (non-hydrogen) atoms. The van der Waals surface area contributed by atoms with Crippen molar-refractivity contribution in [2.75, 3.05) is 0 Å². The summed E-state index contributed by atoms with van der Waals surface area (Å²) in [6.07, 6.45) is 0.748. The van der Waals surface area contributed by atoms with Crippen molar-refractivity contribution < 1.29 is 14.6 Å². The van der Waals surface area contributed by atoms with Crippen LogP contribution in [0.25, 0.3) is 0 Å². The van der Waals surface area contributed by atoms with Crippen molar-refractivity contribution in [3.8, 4) is 17.4 Å². The fraction of sp³-hybridized carbons (Fsp3) is 0.0769. The van der Waals surface area contributed by atoms with Gasteiger partial charge in [-0.1, -0.05) is 0 Å². The molecule has 0 aliphatic rings. The Hall–Kier alpha value is -2.36. The largest absolute Gasteiger partial charge is 0.439 e. The number of benzene rings is 1. The number of hydrogen-bond donors (Lipinski definition) is 0. The number of nitrogens with zero attached hydrogens (tertiary/aromatic N) is 1. The van der Waals surface area contributed by atoms with Crippen LogP contribution < -0.4 is 4.74 Å². The Morgan fingerprint density at radius 3 is 2.41 bits per heavy atom. The normalized spacial score (nSPS) is 9.94. The third-order valence-corrected chi connectivity index (χ3v) is 2.27. The quantitative estimate of drug-likeness (QED) is 0.758. The molecule has 4 heteroatoms. The zero-order valence-electron chi connectivity index (χ0n) is 9.21. The molecule has 0 atom stereocenters. The lowest BCUT2D eigenvalue weighted by Gasteiger charge is -2.05. The van der Waals surface area contributed by atoms with Gasteiger partial charge in [0, 0.05) is 11.6 Å². The standard InChI is InChI=1S/C13H10NO3/c1-9-10(8-15)2-7-13(14-9)17-12-5-3-11(16)4-6-12/h2-8H,1H3. The number of rotatable bonds is 3. The van der Waals surface area contributed by atoms with E-state index in [2.05, 4.69) is 4.98 Å². The van der Waals surface area contributed by atoms with Crippen molar-refractivity contribution in [3.05, 3.63) is 47.7 Å². The van der Waals surface area contributed by atoms with Crippen molar-refractivity contribution in [2.24, 2.45) is 0 Å². The molecule has 2 rings (SSSR count). The van der Waals surface area contributed by atoms with Crippen LogP contribution in [0.2, 0.25) is 0 Å². The van der Waals surface area contributed by atoms with Crippen LogP contribution in [0.1, 0.15) is 16.1 Å². The maximum atomic E-state index is 10.9. The van der Waals surface area contributed by atoms with Crippen molar-refractivity contribution in [2.45, 2.75) is 6.92 Å². The summed E-state index contributed by atoms with van der Waals surface area (Å²) >= 11 is 0. The van der Waals surface area contributed by atoms with Gasteiger partial charge in [-0.05, 0) is 37.3 Å². The summed E-state index contributed by atoms with van der Waals surface area (Å²) < 4.78 is 5.45. The van der Waals surface area contributed by atoms with Crippen molar-refractivity contribution >= 4 is 6.29 Å². The molecule has 1 heterocycles. The van der Waals surface area contributed by atoms with Gasteiger partial charge in [-0.2, -0.15) is 0 Å². The smallest absolute Gasteiger partial charge is 0.219 e. The number of carbonyl (C=O) groups is 1. The van der Waals surface area contributed by atoms with E-state index in [9.17, 15) is 9.90 Å². The lowest BCUT2D eigenvalue weighted by Crippen LogP contribution is -1.94. The predicted molar refractivity (Wildman–Crippen MR) is 61.0 cm³/mol. The summed E-state index contributed by atoms with van der Waals surface area (Å²) in [4.78, 5) is 14.7. The third-order valence-electron chi connectivity index (χ3n) is 2.27. The minimum absolute atomic E-state index is 0.0715. The Morgan fingerprint density at radius 2 is 1.82 bits per heavy atom. The fourth-order valence-electron chi connectivity index (χ4n) is 1.36. The second-order valence-corrected chi connectivity index (χ2v) is 3.52. The minimum Gasteiger partial charge on any atom is -0.439 e. The van der Waals surface area contributed by atoms with E-state index >= 15 is 0 Å². The first kappa shape index (κ1) is 11.1. The van der Waals surface area contributed by atoms with E-state index in [1.807, 2.05) is 0 Å². The van der Waals surface area contributed by atoms with Crippen molar-refractivity contribution in [1.29, 1.82) is 0 Å². The predicted octanol–water partition coefficient (Wildman–Crippen LogP) is 3.14. The monoisotopic (exact) mass is 228 g/mol. The van der Waals surface area contributed by atoms with E-state index in [1.165, 1.54) is 12.1 Å². The van der Waals surface area contributed by atoms with Crippen LogP contribution in [-0.2, 0) is 5.11 Å². The average Bonchev–Trinajstić information content (AvgIpc) is 2.32. The maximum absolute atomic E-state index is 10.9. The topological polar surface area (TPSA) is 59.1 Å². The van der Waals surface area contributed by atoms with Crippen LogP contribution in [0.15, 0.2) is 36.4 Å². The number of carbonyl (C=O) groups excluding carboxylic acids is 1. The number of aromatic nitrogens is 1. The highest BCUT2D eigenvalue weighted by Crippen LogP contribution is 2.22. The highest BCUT2D eigenvalue weighted by Gasteiger charge is 2.03. The molecule has 1 aromatic heterocycles. The summed E-state index contributed by atoms with van der Waals surface area (Å²) in [6.45, 7) is 1.73. The molecule has 0 aliphatic heterocycles. The Balaban J connectivity index is 2.21. The van der Waals surface area contributed by atoms with Gasteiger partial charge in [-0.3, -0.25) is 9.90 Å². The van der Waals surface area contributed by atoms with Gasteiger partial charge >= 0.3 is 0 Å². The van der Waals surface area contributed by atoms with E-state index in [0.29, 0.717) is 22.9 Å². The molecule has 0 spiro atoms. The summed E-state index contributed by atoms with van der Waals surface area (Å²) in [5.41, 5.74) is 1.14. The molecule has 0 bridgehead atoms. The molecular weight excluding hydrogens is 218 g/mol. The summed E-state index contributed by atoms with van der Waals surface area (Å²) in [5.74, 6) is 0.861. The lowest BCUT2D eigenvalue weighted by atomic mass is 10.2. The highest BCUT2D eigenvalue weighted by atomic mass is 16.5. The maximum Gasteiger partial charge on any atom is 0.219 e. The molecule has 0 fully saturated rings. The molecule has 0 N–H and O–H groups in total. The summed E-state index contributed by atoms with van der Waals surface area (Å²) in [5, 5.41) is 10.9. The number of hydrogen-bond acceptors (Lipinski definition) is 3. The number of ether oxygens (including phenoxy) is 1. The Bertz CT molecular complexity index is 535. The van der Waals surface area contributed by atoms with Crippen LogP contribution in [0.5, 0.6) is 17.4 Å². The van der Waals surface area contributed by atoms with Crippen LogP contribution in [0.4, 0.5) is 0 Å². The van der Waals surface area contributed by atoms with Gasteiger partial charge in [0.05, 0.1) is 5.69 Å². The molecule has 0 saturated carbocycles. The fourth-order valence-corrected chi connectivity index (χ4v) is 1.36. The zero-order chi connectivity index (χ0) is 12.3. The van der Waals surface area contributed by atoms with Gasteiger partial charge in [0.2, 0.25) is 5.88 Å². The van der Waals surface area contributed by atoms with Crippen LogP contribution in [-0.4, -0.2) is 11.3 Å². The third kappa shape index (κ3) is 2.60. The Kier molecular flexibility index (Phi) is 3.05. The Morgan fingerprint density at radius 1 is 1.12 bits per heavy atom. The van der Waals surface area contributed by atoms with E-state index in [-0.39, 0.29) is 5.75 Å². The molecule has 0 unspecified atom stereocenters. The second kappa shape index (κ2) is 4.65. The first-order valence-electron chi connectivity index (χ1n) is 5.07. The van der Waals surface area contributed by atoms with E-state index in [4.69, 9.17) is 4.74 Å². The zero-order valence-corrected chi connectivity index (χ0v) is 9.21. The lowest BCUT2D eigenvalue weighted by molar-refractivity contribution is 0.112. The average molecular weight is 228 g/mol. The first-order chi connectivity index (χ1) is 8.19. The van der Waals surface area contributed by atoms with E-state index < -0.39 is 0 Å². The van der Waals surface area contributed by atoms with E-state index in [0.717, 1.165) is 6.29 Å². The van der Waals surface area contributed by atoms with E-state index in [1.54, 1.807) is 31.2 Å². The molecule has 2 aromatic rings. The molecule has 85 valence electrons. The first-order valence-corrected chi connectivity index (χ1v) is 5.07. The van der Waals surface area contributed by atoms with Gasteiger partial charge in [-0.15, -0.1) is 0 Å². The van der Waals surface area contributed by atoms with Gasteiger partial charge in [-0.25, -0.2) is 4.98 Å². The molecular formula is C13H10NO3. The minimum atomic E-state index is -0.0715. The molecule has 0 amide bonds.